The average Bonchev–Trinajstić information content (AvgIpc) is 3.46. The van der Waals surface area contributed by atoms with Crippen molar-refractivity contribution in [1.29, 1.82) is 0 Å². The molecular formula is C19H25N7O. The van der Waals surface area contributed by atoms with Gasteiger partial charge in [0.05, 0.1) is 5.69 Å². The van der Waals surface area contributed by atoms with Gasteiger partial charge in [-0.3, -0.25) is 4.68 Å². The molecule has 0 bridgehead atoms. The van der Waals surface area contributed by atoms with Gasteiger partial charge in [0, 0.05) is 44.4 Å². The van der Waals surface area contributed by atoms with Crippen molar-refractivity contribution in [2.24, 2.45) is 0 Å². The molecule has 0 spiro atoms. The maximum Gasteiger partial charge on any atom is 0.229 e. The molecule has 1 N–H and O–H groups in total. The molecule has 0 saturated heterocycles. The van der Waals surface area contributed by atoms with Gasteiger partial charge < -0.3 is 14.4 Å². The van der Waals surface area contributed by atoms with Crippen LogP contribution in [0.25, 0.3) is 11.5 Å². The number of hydrogen-bond donors (Lipinski definition) is 1. The molecule has 0 aromatic carbocycles. The van der Waals surface area contributed by atoms with Gasteiger partial charge in [-0.2, -0.15) is 10.1 Å². The Bertz CT molecular complexity index is 879. The topological polar surface area (TPSA) is 86.6 Å². The van der Waals surface area contributed by atoms with Gasteiger partial charge in [0.2, 0.25) is 5.89 Å². The van der Waals surface area contributed by atoms with Crippen LogP contribution < -0.4 is 5.32 Å². The monoisotopic (exact) mass is 367 g/mol. The van der Waals surface area contributed by atoms with Gasteiger partial charge >= 0.3 is 0 Å². The zero-order valence-corrected chi connectivity index (χ0v) is 15.5. The van der Waals surface area contributed by atoms with Crippen LogP contribution in [0.1, 0.15) is 55.4 Å². The van der Waals surface area contributed by atoms with E-state index >= 15 is 0 Å². The van der Waals surface area contributed by atoms with E-state index in [0.717, 1.165) is 62.3 Å². The number of aryl methyl sites for hydroxylation is 3. The molecule has 8 heteroatoms. The standard InChI is InChI=1S/C19H25N7O/c1-2-5-14(4-1)19-22-17(24-27-19)6-10-25-11-8-21-18(25)16-12-15-13-20-7-3-9-26(15)23-16/h8,11-12,14,20H,1-7,9-10,13H2. The van der Waals surface area contributed by atoms with Gasteiger partial charge in [0.1, 0.15) is 5.69 Å². The second-order valence-electron chi connectivity index (χ2n) is 7.50. The third kappa shape index (κ3) is 3.41. The van der Waals surface area contributed by atoms with Gasteiger partial charge in [0.25, 0.3) is 0 Å². The van der Waals surface area contributed by atoms with Crippen LogP contribution in [0.4, 0.5) is 0 Å². The molecule has 0 unspecified atom stereocenters. The molecule has 1 aliphatic carbocycles. The molecule has 4 heterocycles. The highest BCUT2D eigenvalue weighted by atomic mass is 16.5. The normalized spacial score (nSPS) is 17.9. The Labute approximate surface area is 158 Å². The lowest BCUT2D eigenvalue weighted by atomic mass is 10.1. The molecule has 8 nitrogen and oxygen atoms in total. The van der Waals surface area contributed by atoms with Crippen molar-refractivity contribution >= 4 is 0 Å². The lowest BCUT2D eigenvalue weighted by molar-refractivity contribution is 0.349. The number of aromatic nitrogens is 6. The molecule has 0 amide bonds. The fraction of sp³-hybridized carbons (Fsp3) is 0.579. The van der Waals surface area contributed by atoms with Crippen LogP contribution in [0.15, 0.2) is 23.0 Å². The largest absolute Gasteiger partial charge is 0.339 e. The summed E-state index contributed by atoms with van der Waals surface area (Å²) in [6.45, 7) is 3.62. The van der Waals surface area contributed by atoms with Crippen LogP contribution in [0, 0.1) is 0 Å². The molecule has 27 heavy (non-hydrogen) atoms. The minimum Gasteiger partial charge on any atom is -0.339 e. The van der Waals surface area contributed by atoms with E-state index in [0.29, 0.717) is 5.92 Å². The number of hydrogen-bond acceptors (Lipinski definition) is 6. The second-order valence-corrected chi connectivity index (χ2v) is 7.50. The van der Waals surface area contributed by atoms with Gasteiger partial charge in [-0.05, 0) is 31.9 Å². The number of nitrogens with zero attached hydrogens (tertiary/aromatic N) is 6. The average molecular weight is 367 g/mol. The lowest BCUT2D eigenvalue weighted by Crippen LogP contribution is -2.11. The first kappa shape index (κ1) is 16.7. The Morgan fingerprint density at radius 2 is 2.15 bits per heavy atom. The third-order valence-corrected chi connectivity index (χ3v) is 5.60. The van der Waals surface area contributed by atoms with Crippen molar-refractivity contribution in [2.75, 3.05) is 6.54 Å². The predicted octanol–water partition coefficient (Wildman–Crippen LogP) is 2.52. The highest BCUT2D eigenvalue weighted by Gasteiger charge is 2.23. The number of nitrogens with one attached hydrogen (secondary N) is 1. The molecule has 1 aliphatic heterocycles. The van der Waals surface area contributed by atoms with Crippen molar-refractivity contribution in [2.45, 2.75) is 64.1 Å². The zero-order valence-electron chi connectivity index (χ0n) is 15.5. The summed E-state index contributed by atoms with van der Waals surface area (Å²) in [5.74, 6) is 2.96. The molecule has 0 radical (unpaired) electrons. The summed E-state index contributed by atoms with van der Waals surface area (Å²) in [7, 11) is 0. The molecule has 1 saturated carbocycles. The van der Waals surface area contributed by atoms with Crippen molar-refractivity contribution in [3.8, 4) is 11.5 Å². The fourth-order valence-electron chi connectivity index (χ4n) is 4.12. The molecule has 5 rings (SSSR count). The van der Waals surface area contributed by atoms with Crippen molar-refractivity contribution in [3.63, 3.8) is 0 Å². The summed E-state index contributed by atoms with van der Waals surface area (Å²) in [5, 5.41) is 12.4. The minimum atomic E-state index is 0.463. The predicted molar refractivity (Wildman–Crippen MR) is 99.0 cm³/mol. The van der Waals surface area contributed by atoms with Crippen molar-refractivity contribution < 1.29 is 4.52 Å². The van der Waals surface area contributed by atoms with Gasteiger partial charge in [-0.15, -0.1) is 0 Å². The number of fused-ring (bicyclic) bond motifs is 1. The molecule has 2 aliphatic rings. The highest BCUT2D eigenvalue weighted by Crippen LogP contribution is 2.32. The van der Waals surface area contributed by atoms with Crippen molar-refractivity contribution in [3.05, 3.63) is 35.9 Å². The second kappa shape index (κ2) is 7.26. The van der Waals surface area contributed by atoms with Crippen LogP contribution >= 0.6 is 0 Å². The highest BCUT2D eigenvalue weighted by molar-refractivity contribution is 5.50. The number of rotatable bonds is 5. The van der Waals surface area contributed by atoms with E-state index in [1.54, 1.807) is 0 Å². The maximum atomic E-state index is 5.49. The first-order valence-corrected chi connectivity index (χ1v) is 9.98. The molecular weight excluding hydrogens is 342 g/mol. The van der Waals surface area contributed by atoms with E-state index in [9.17, 15) is 0 Å². The van der Waals surface area contributed by atoms with E-state index in [1.165, 1.54) is 31.4 Å². The first-order valence-electron chi connectivity index (χ1n) is 9.98. The number of imidazole rings is 1. The van der Waals surface area contributed by atoms with Gasteiger partial charge in [-0.25, -0.2) is 4.98 Å². The fourth-order valence-corrected chi connectivity index (χ4v) is 4.12. The van der Waals surface area contributed by atoms with E-state index in [-0.39, 0.29) is 0 Å². The first-order chi connectivity index (χ1) is 13.4. The molecule has 142 valence electrons. The van der Waals surface area contributed by atoms with Gasteiger partial charge in [0.15, 0.2) is 11.6 Å². The Balaban J connectivity index is 1.29. The SMILES string of the molecule is c1cn(CCc2noc(C3CCCC3)n2)c(-c2cc3n(n2)CCCNC3)n1. The lowest BCUT2D eigenvalue weighted by Gasteiger charge is -2.04. The Kier molecular flexibility index (Phi) is 4.49. The summed E-state index contributed by atoms with van der Waals surface area (Å²) in [4.78, 5) is 9.15. The van der Waals surface area contributed by atoms with E-state index < -0.39 is 0 Å². The quantitative estimate of drug-likeness (QED) is 0.746. The molecule has 1 fully saturated rings. The van der Waals surface area contributed by atoms with Crippen LogP contribution in [-0.4, -0.2) is 36.0 Å². The summed E-state index contributed by atoms with van der Waals surface area (Å²) in [6.07, 6.45) is 10.5. The van der Waals surface area contributed by atoms with Crippen LogP contribution in [0.3, 0.4) is 0 Å². The molecule has 3 aromatic rings. The zero-order chi connectivity index (χ0) is 18.1. The van der Waals surface area contributed by atoms with E-state index in [4.69, 9.17) is 9.62 Å². The molecule has 3 aromatic heterocycles. The van der Waals surface area contributed by atoms with Crippen LogP contribution in [0.5, 0.6) is 0 Å². The van der Waals surface area contributed by atoms with Crippen LogP contribution in [-0.2, 0) is 26.1 Å². The molecule has 0 atom stereocenters. The Morgan fingerprint density at radius 1 is 1.22 bits per heavy atom. The maximum absolute atomic E-state index is 5.49. The Morgan fingerprint density at radius 3 is 3.07 bits per heavy atom. The van der Waals surface area contributed by atoms with E-state index in [2.05, 4.69) is 35.8 Å². The Hall–Kier alpha value is -2.48. The van der Waals surface area contributed by atoms with E-state index in [1.807, 2.05) is 12.4 Å². The third-order valence-electron chi connectivity index (χ3n) is 5.60. The summed E-state index contributed by atoms with van der Waals surface area (Å²) < 4.78 is 9.72. The summed E-state index contributed by atoms with van der Waals surface area (Å²) in [5.41, 5.74) is 2.15. The summed E-state index contributed by atoms with van der Waals surface area (Å²) >= 11 is 0. The smallest absolute Gasteiger partial charge is 0.229 e. The minimum absolute atomic E-state index is 0.463. The van der Waals surface area contributed by atoms with Crippen LogP contribution in [0.2, 0.25) is 0 Å². The summed E-state index contributed by atoms with van der Waals surface area (Å²) in [6, 6.07) is 2.14. The van der Waals surface area contributed by atoms with Crippen molar-refractivity contribution in [1.82, 2.24) is 34.8 Å². The van der Waals surface area contributed by atoms with Gasteiger partial charge in [-0.1, -0.05) is 18.0 Å².